The third-order valence-electron chi connectivity index (χ3n) is 3.50. The fourth-order valence-corrected chi connectivity index (χ4v) is 2.91. The molecule has 5 heteroatoms. The third-order valence-corrected chi connectivity index (χ3v) is 4.78. The van der Waals surface area contributed by atoms with E-state index in [1.165, 1.54) is 23.9 Å². The molecule has 2 aromatic rings. The van der Waals surface area contributed by atoms with Crippen molar-refractivity contribution in [3.05, 3.63) is 59.4 Å². The van der Waals surface area contributed by atoms with E-state index in [0.29, 0.717) is 5.75 Å². The Labute approximate surface area is 139 Å². The van der Waals surface area contributed by atoms with E-state index in [-0.39, 0.29) is 24.2 Å². The molecule has 0 saturated heterocycles. The number of carbonyl (C=O) groups excluding carboxylic acids is 1. The summed E-state index contributed by atoms with van der Waals surface area (Å²) in [5.74, 6) is 0.0790. The molecule has 0 spiro atoms. The summed E-state index contributed by atoms with van der Waals surface area (Å²) in [5, 5.41) is 12.1. The van der Waals surface area contributed by atoms with Gasteiger partial charge in [-0.25, -0.2) is 4.39 Å². The Balaban J connectivity index is 1.93. The maximum absolute atomic E-state index is 12.9. The number of halogens is 1. The average Bonchev–Trinajstić information content (AvgIpc) is 2.56. The number of hydrogen-bond acceptors (Lipinski definition) is 3. The number of amides is 1. The van der Waals surface area contributed by atoms with Crippen LogP contribution in [0.25, 0.3) is 0 Å². The second kappa shape index (κ2) is 8.13. The number of benzene rings is 2. The van der Waals surface area contributed by atoms with Gasteiger partial charge in [0.05, 0.1) is 6.61 Å². The second-order valence-electron chi connectivity index (χ2n) is 5.46. The molecule has 0 bridgehead atoms. The van der Waals surface area contributed by atoms with Crippen LogP contribution in [0.2, 0.25) is 0 Å². The van der Waals surface area contributed by atoms with Gasteiger partial charge in [0.2, 0.25) is 5.91 Å². The minimum absolute atomic E-state index is 0.0564. The highest BCUT2D eigenvalue weighted by molar-refractivity contribution is 7.99. The number of aliphatic hydroxyl groups excluding tert-OH is 1. The first kappa shape index (κ1) is 17.5. The molecule has 0 aliphatic carbocycles. The Kier molecular flexibility index (Phi) is 6.19. The lowest BCUT2D eigenvalue weighted by atomic mass is 10.1. The van der Waals surface area contributed by atoms with Crippen LogP contribution < -0.4 is 5.32 Å². The van der Waals surface area contributed by atoms with Crippen molar-refractivity contribution in [1.29, 1.82) is 0 Å². The molecular weight excluding hydrogens is 313 g/mol. The highest BCUT2D eigenvalue weighted by atomic mass is 32.2. The van der Waals surface area contributed by atoms with Crippen LogP contribution in [-0.4, -0.2) is 16.8 Å². The highest BCUT2D eigenvalue weighted by Crippen LogP contribution is 2.23. The molecule has 1 amide bonds. The van der Waals surface area contributed by atoms with Crippen LogP contribution in [0, 0.1) is 18.7 Å². The molecule has 0 heterocycles. The fraction of sp³-hybridized carbons (Fsp3) is 0.278. The van der Waals surface area contributed by atoms with Crippen LogP contribution in [0.1, 0.15) is 18.1 Å². The largest absolute Gasteiger partial charge is 0.392 e. The molecule has 1 atom stereocenters. The summed E-state index contributed by atoms with van der Waals surface area (Å²) in [4.78, 5) is 13.2. The molecule has 2 N–H and O–H groups in total. The zero-order valence-electron chi connectivity index (χ0n) is 13.2. The molecule has 3 nitrogen and oxygen atoms in total. The summed E-state index contributed by atoms with van der Waals surface area (Å²) in [7, 11) is 0. The van der Waals surface area contributed by atoms with Gasteiger partial charge in [0, 0.05) is 22.3 Å². The van der Waals surface area contributed by atoms with Crippen molar-refractivity contribution in [2.75, 3.05) is 11.1 Å². The predicted molar refractivity (Wildman–Crippen MR) is 92.0 cm³/mol. The van der Waals surface area contributed by atoms with Crippen LogP contribution >= 0.6 is 11.8 Å². The van der Waals surface area contributed by atoms with Crippen molar-refractivity contribution in [2.45, 2.75) is 25.3 Å². The van der Waals surface area contributed by atoms with Crippen LogP contribution in [0.4, 0.5) is 10.1 Å². The Hall–Kier alpha value is -1.85. The lowest BCUT2D eigenvalue weighted by Crippen LogP contribution is -2.22. The third kappa shape index (κ3) is 5.08. The molecule has 0 aromatic heterocycles. The molecule has 2 aromatic carbocycles. The van der Waals surface area contributed by atoms with E-state index in [9.17, 15) is 14.3 Å². The van der Waals surface area contributed by atoms with Gasteiger partial charge in [-0.2, -0.15) is 0 Å². The highest BCUT2D eigenvalue weighted by Gasteiger charge is 2.14. The van der Waals surface area contributed by atoms with E-state index in [4.69, 9.17) is 0 Å². The van der Waals surface area contributed by atoms with Gasteiger partial charge < -0.3 is 10.4 Å². The van der Waals surface area contributed by atoms with Gasteiger partial charge in [-0.05, 0) is 48.4 Å². The first-order valence-electron chi connectivity index (χ1n) is 7.39. The summed E-state index contributed by atoms with van der Waals surface area (Å²) in [5.41, 5.74) is 2.44. The molecule has 0 aliphatic rings. The Bertz CT molecular complexity index is 673. The summed E-state index contributed by atoms with van der Waals surface area (Å²) in [6, 6.07) is 11.7. The van der Waals surface area contributed by atoms with Gasteiger partial charge in [0.25, 0.3) is 0 Å². The molecule has 0 aliphatic heterocycles. The number of carbonyl (C=O) groups is 1. The minimum Gasteiger partial charge on any atom is -0.392 e. The smallest absolute Gasteiger partial charge is 0.228 e. The van der Waals surface area contributed by atoms with Gasteiger partial charge in [0.1, 0.15) is 5.82 Å². The van der Waals surface area contributed by atoms with Crippen molar-refractivity contribution in [1.82, 2.24) is 0 Å². The average molecular weight is 333 g/mol. The van der Waals surface area contributed by atoms with E-state index >= 15 is 0 Å². The van der Waals surface area contributed by atoms with E-state index in [0.717, 1.165) is 21.7 Å². The lowest BCUT2D eigenvalue weighted by Gasteiger charge is -2.14. The molecule has 2 rings (SSSR count). The van der Waals surface area contributed by atoms with Crippen LogP contribution in [0.15, 0.2) is 47.4 Å². The summed E-state index contributed by atoms with van der Waals surface area (Å²) in [6.45, 7) is 3.71. The molecule has 0 radical (unpaired) electrons. The van der Waals surface area contributed by atoms with E-state index in [1.807, 2.05) is 26.0 Å². The van der Waals surface area contributed by atoms with Crippen molar-refractivity contribution in [3.8, 4) is 0 Å². The maximum Gasteiger partial charge on any atom is 0.228 e. The predicted octanol–water partition coefficient (Wildman–Crippen LogP) is 3.99. The van der Waals surface area contributed by atoms with Gasteiger partial charge in [-0.15, -0.1) is 11.8 Å². The van der Waals surface area contributed by atoms with Gasteiger partial charge in [-0.1, -0.05) is 19.1 Å². The number of aliphatic hydroxyl groups is 1. The van der Waals surface area contributed by atoms with Crippen molar-refractivity contribution >= 4 is 23.4 Å². The number of thioether (sulfide) groups is 1. The van der Waals surface area contributed by atoms with Crippen LogP contribution in [-0.2, 0) is 11.4 Å². The SMILES string of the molecule is Cc1ccc(CO)cc1NC(=O)C(C)CSc1ccc(F)cc1. The van der Waals surface area contributed by atoms with Crippen LogP contribution in [0.3, 0.4) is 0 Å². The van der Waals surface area contributed by atoms with Gasteiger partial charge in [0.15, 0.2) is 0 Å². The molecule has 122 valence electrons. The number of rotatable bonds is 6. The molecule has 0 fully saturated rings. The Morgan fingerprint density at radius 2 is 1.96 bits per heavy atom. The van der Waals surface area contributed by atoms with Crippen molar-refractivity contribution in [2.24, 2.45) is 5.92 Å². The first-order valence-corrected chi connectivity index (χ1v) is 8.37. The summed E-state index contributed by atoms with van der Waals surface area (Å²) in [6.07, 6.45) is 0. The van der Waals surface area contributed by atoms with E-state index < -0.39 is 0 Å². The summed E-state index contributed by atoms with van der Waals surface area (Å²) >= 11 is 1.52. The topological polar surface area (TPSA) is 49.3 Å². The van der Waals surface area contributed by atoms with Crippen molar-refractivity contribution < 1.29 is 14.3 Å². The standard InChI is InChI=1S/C18H20FNO2S/c1-12-3-4-14(10-21)9-17(12)20-18(22)13(2)11-23-16-7-5-15(19)6-8-16/h3-9,13,21H,10-11H2,1-2H3,(H,20,22). The number of anilines is 1. The Morgan fingerprint density at radius 1 is 1.26 bits per heavy atom. The Morgan fingerprint density at radius 3 is 2.61 bits per heavy atom. The van der Waals surface area contributed by atoms with E-state index in [1.54, 1.807) is 18.2 Å². The second-order valence-corrected chi connectivity index (χ2v) is 6.56. The quantitative estimate of drug-likeness (QED) is 0.786. The van der Waals surface area contributed by atoms with Crippen LogP contribution in [0.5, 0.6) is 0 Å². The zero-order valence-corrected chi connectivity index (χ0v) is 14.0. The molecule has 0 saturated carbocycles. The minimum atomic E-state index is -0.264. The van der Waals surface area contributed by atoms with Gasteiger partial charge in [-0.3, -0.25) is 4.79 Å². The summed E-state index contributed by atoms with van der Waals surface area (Å²) < 4.78 is 12.9. The van der Waals surface area contributed by atoms with Gasteiger partial charge >= 0.3 is 0 Å². The van der Waals surface area contributed by atoms with Crippen molar-refractivity contribution in [3.63, 3.8) is 0 Å². The number of nitrogens with one attached hydrogen (secondary N) is 1. The zero-order chi connectivity index (χ0) is 16.8. The fourth-order valence-electron chi connectivity index (χ4n) is 1.99. The monoisotopic (exact) mass is 333 g/mol. The number of aryl methyl sites for hydroxylation is 1. The number of hydrogen-bond donors (Lipinski definition) is 2. The molecule has 1 unspecified atom stereocenters. The molecule has 23 heavy (non-hydrogen) atoms. The first-order chi connectivity index (χ1) is 11.0. The van der Waals surface area contributed by atoms with E-state index in [2.05, 4.69) is 5.32 Å². The lowest BCUT2D eigenvalue weighted by molar-refractivity contribution is -0.118. The molecular formula is C18H20FNO2S. The maximum atomic E-state index is 12.9. The normalized spacial score (nSPS) is 12.0.